The fourth-order valence-electron chi connectivity index (χ4n) is 5.84. The van der Waals surface area contributed by atoms with Crippen LogP contribution in [0.25, 0.3) is 0 Å². The molecule has 3 aliphatic heterocycles. The van der Waals surface area contributed by atoms with Crippen LogP contribution in [-0.4, -0.2) is 69.0 Å². The van der Waals surface area contributed by atoms with E-state index in [1.54, 1.807) is 6.92 Å². The highest BCUT2D eigenvalue weighted by molar-refractivity contribution is 5.91. The van der Waals surface area contributed by atoms with Gasteiger partial charge in [0.2, 0.25) is 5.60 Å². The molecule has 9 atom stereocenters. The molecule has 23 heavy (non-hydrogen) atoms. The Kier molecular flexibility index (Phi) is 2.10. The van der Waals surface area contributed by atoms with Crippen molar-refractivity contribution >= 4 is 11.9 Å². The molecule has 0 aromatic heterocycles. The summed E-state index contributed by atoms with van der Waals surface area (Å²) in [4.78, 5) is 24.8. The van der Waals surface area contributed by atoms with E-state index in [1.165, 1.54) is 6.92 Å². The molecule has 8 heteroatoms. The number of hydrogen-bond acceptors (Lipinski definition) is 8. The molecule has 5 rings (SSSR count). The van der Waals surface area contributed by atoms with Gasteiger partial charge in [0.05, 0.1) is 29.1 Å². The molecule has 2 aliphatic carbocycles. The van der Waals surface area contributed by atoms with Crippen LogP contribution < -0.4 is 0 Å². The molecule has 8 nitrogen and oxygen atoms in total. The number of aliphatic hydroxyl groups is 3. The van der Waals surface area contributed by atoms with Crippen LogP contribution in [0.4, 0.5) is 0 Å². The number of epoxide rings is 1. The third-order valence-corrected chi connectivity index (χ3v) is 7.07. The zero-order chi connectivity index (χ0) is 16.6. The second-order valence-electron chi connectivity index (χ2n) is 7.92. The number of carbonyl (C=O) groups is 2. The van der Waals surface area contributed by atoms with Crippen LogP contribution in [-0.2, 0) is 23.8 Å². The second kappa shape index (κ2) is 3.42. The van der Waals surface area contributed by atoms with E-state index in [0.29, 0.717) is 0 Å². The summed E-state index contributed by atoms with van der Waals surface area (Å²) in [6.45, 7) is 2.49. The van der Waals surface area contributed by atoms with Gasteiger partial charge in [-0.2, -0.15) is 0 Å². The Morgan fingerprint density at radius 3 is 2.70 bits per heavy atom. The van der Waals surface area contributed by atoms with Crippen molar-refractivity contribution in [3.8, 4) is 0 Å². The van der Waals surface area contributed by atoms with Crippen LogP contribution in [0.2, 0.25) is 0 Å². The van der Waals surface area contributed by atoms with Crippen LogP contribution in [0.1, 0.15) is 20.3 Å². The number of aliphatic hydroxyl groups excluding tert-OH is 1. The molecule has 3 saturated heterocycles. The molecule has 3 heterocycles. The molecule has 1 spiro atoms. The van der Waals surface area contributed by atoms with Crippen molar-refractivity contribution in [1.82, 2.24) is 0 Å². The summed E-state index contributed by atoms with van der Waals surface area (Å²) >= 11 is 0. The molecule has 0 aromatic carbocycles. The van der Waals surface area contributed by atoms with Gasteiger partial charge in [-0.3, -0.25) is 4.79 Å². The van der Waals surface area contributed by atoms with Crippen LogP contribution in [0.3, 0.4) is 0 Å². The largest absolute Gasteiger partial charge is 0.458 e. The van der Waals surface area contributed by atoms with Gasteiger partial charge in [-0.05, 0) is 13.8 Å². The molecule has 5 aliphatic rings. The van der Waals surface area contributed by atoms with Gasteiger partial charge in [-0.15, -0.1) is 0 Å². The lowest BCUT2D eigenvalue weighted by Gasteiger charge is -2.53. The summed E-state index contributed by atoms with van der Waals surface area (Å²) in [5.74, 6) is -3.06. The average Bonchev–Trinajstić information content (AvgIpc) is 2.95. The van der Waals surface area contributed by atoms with Gasteiger partial charge < -0.3 is 29.5 Å². The molecular formula is C15H18O8. The maximum atomic E-state index is 12.4. The highest BCUT2D eigenvalue weighted by Gasteiger charge is 2.95. The minimum atomic E-state index is -1.64. The average molecular weight is 326 g/mol. The van der Waals surface area contributed by atoms with E-state index in [2.05, 4.69) is 0 Å². The monoisotopic (exact) mass is 326 g/mol. The highest BCUT2D eigenvalue weighted by Crippen LogP contribution is 2.77. The molecule has 2 saturated carbocycles. The molecule has 5 fully saturated rings. The third kappa shape index (κ3) is 1.10. The standard InChI is InChI=1S/C15H18O8/c1-12(19,4-16)6-7-10(17)21-8(6)9-13(2)14(7,20)3-5-15(13,23-5)11(18)22-9/h5-9,16,19-20H,3-4H2,1-2H3/t5-,6-,7-,8+,9-,12?,13-,14-,15+/m1/s1. The first-order chi connectivity index (χ1) is 10.6. The van der Waals surface area contributed by atoms with Crippen LogP contribution in [0, 0.1) is 17.3 Å². The van der Waals surface area contributed by atoms with Crippen LogP contribution in [0.5, 0.6) is 0 Å². The topological polar surface area (TPSA) is 126 Å². The smallest absolute Gasteiger partial charge is 0.342 e. The van der Waals surface area contributed by atoms with Crippen molar-refractivity contribution in [1.29, 1.82) is 0 Å². The lowest BCUT2D eigenvalue weighted by Crippen LogP contribution is -2.69. The SMILES string of the molecule is CC(O)(CO)[C@H]1[C@@H]2OC(=O)[C@@H]1[C@]1(O)C[C@H]3O[C@]34C(=O)O[C@H]2[C@]14C. The molecule has 0 aromatic rings. The quantitative estimate of drug-likeness (QED) is 0.397. The van der Waals surface area contributed by atoms with Gasteiger partial charge >= 0.3 is 11.9 Å². The summed E-state index contributed by atoms with van der Waals surface area (Å²) in [5.41, 5.74) is -5.55. The van der Waals surface area contributed by atoms with E-state index in [4.69, 9.17) is 14.2 Å². The third-order valence-electron chi connectivity index (χ3n) is 7.07. The summed E-state index contributed by atoms with van der Waals surface area (Å²) in [6, 6.07) is 0. The van der Waals surface area contributed by atoms with Crippen molar-refractivity contribution in [3.05, 3.63) is 0 Å². The predicted octanol–water partition coefficient (Wildman–Crippen LogP) is -1.89. The van der Waals surface area contributed by atoms with Crippen molar-refractivity contribution < 1.29 is 39.1 Å². The van der Waals surface area contributed by atoms with Gasteiger partial charge in [0.25, 0.3) is 0 Å². The number of esters is 2. The molecule has 126 valence electrons. The zero-order valence-corrected chi connectivity index (χ0v) is 12.7. The molecule has 3 N–H and O–H groups in total. The van der Waals surface area contributed by atoms with Gasteiger partial charge in [0.1, 0.15) is 12.2 Å². The van der Waals surface area contributed by atoms with Crippen molar-refractivity contribution in [3.63, 3.8) is 0 Å². The Bertz CT molecular complexity index is 660. The van der Waals surface area contributed by atoms with E-state index in [9.17, 15) is 24.9 Å². The van der Waals surface area contributed by atoms with Gasteiger partial charge in [-0.25, -0.2) is 4.79 Å². The first-order valence-corrected chi connectivity index (χ1v) is 7.80. The number of carbonyl (C=O) groups excluding carboxylic acids is 2. The molecule has 2 bridgehead atoms. The van der Waals surface area contributed by atoms with E-state index < -0.39 is 70.9 Å². The number of fused-ring (bicyclic) bond motifs is 4. The summed E-state index contributed by atoms with van der Waals surface area (Å²) < 4.78 is 16.4. The fraction of sp³-hybridized carbons (Fsp3) is 0.867. The van der Waals surface area contributed by atoms with Crippen LogP contribution in [0.15, 0.2) is 0 Å². The number of rotatable bonds is 2. The first kappa shape index (κ1) is 14.2. The predicted molar refractivity (Wildman–Crippen MR) is 69.7 cm³/mol. The molecular weight excluding hydrogens is 308 g/mol. The molecule has 1 unspecified atom stereocenters. The number of ether oxygens (including phenoxy) is 3. The maximum Gasteiger partial charge on any atom is 0.342 e. The van der Waals surface area contributed by atoms with Crippen LogP contribution >= 0.6 is 0 Å². The highest BCUT2D eigenvalue weighted by atomic mass is 16.7. The fourth-order valence-corrected chi connectivity index (χ4v) is 5.84. The summed E-state index contributed by atoms with van der Waals surface area (Å²) in [5, 5.41) is 31.5. The molecule has 0 amide bonds. The summed E-state index contributed by atoms with van der Waals surface area (Å²) in [7, 11) is 0. The lowest BCUT2D eigenvalue weighted by atomic mass is 9.52. The van der Waals surface area contributed by atoms with Crippen molar-refractivity contribution in [2.45, 2.75) is 55.4 Å². The van der Waals surface area contributed by atoms with Gasteiger partial charge in [0, 0.05) is 12.3 Å². The second-order valence-corrected chi connectivity index (χ2v) is 7.92. The molecule has 0 radical (unpaired) electrons. The lowest BCUT2D eigenvalue weighted by molar-refractivity contribution is -0.229. The van der Waals surface area contributed by atoms with Gasteiger partial charge in [-0.1, -0.05) is 0 Å². The van der Waals surface area contributed by atoms with E-state index >= 15 is 0 Å². The Labute approximate surface area is 131 Å². The Morgan fingerprint density at radius 2 is 2.04 bits per heavy atom. The first-order valence-electron chi connectivity index (χ1n) is 7.80. The number of hydrogen-bond donors (Lipinski definition) is 3. The normalized spacial score (nSPS) is 60.7. The minimum absolute atomic E-state index is 0.111. The Balaban J connectivity index is 1.74. The van der Waals surface area contributed by atoms with Crippen molar-refractivity contribution in [2.75, 3.05) is 6.61 Å². The van der Waals surface area contributed by atoms with E-state index in [0.717, 1.165) is 0 Å². The van der Waals surface area contributed by atoms with E-state index in [-0.39, 0.29) is 6.42 Å². The Morgan fingerprint density at radius 1 is 1.35 bits per heavy atom. The minimum Gasteiger partial charge on any atom is -0.458 e. The maximum absolute atomic E-state index is 12.4. The Hall–Kier alpha value is -1.22. The van der Waals surface area contributed by atoms with Crippen molar-refractivity contribution in [2.24, 2.45) is 17.3 Å². The summed E-state index contributed by atoms with van der Waals surface area (Å²) in [6.07, 6.45) is -2.19. The van der Waals surface area contributed by atoms with Gasteiger partial charge in [0.15, 0.2) is 6.10 Å². The zero-order valence-electron chi connectivity index (χ0n) is 12.7. The van der Waals surface area contributed by atoms with E-state index in [1.807, 2.05) is 0 Å².